The lowest BCUT2D eigenvalue weighted by Crippen LogP contribution is -2.30. The molecule has 112 valence electrons. The zero-order valence-corrected chi connectivity index (χ0v) is 12.2. The van der Waals surface area contributed by atoms with Crippen LogP contribution in [0.1, 0.15) is 29.2 Å². The summed E-state index contributed by atoms with van der Waals surface area (Å²) in [5.74, 6) is 0.408. The lowest BCUT2D eigenvalue weighted by molar-refractivity contribution is 0.0720. The van der Waals surface area contributed by atoms with Crippen LogP contribution in [0.15, 0.2) is 51.7 Å². The molecule has 6 nitrogen and oxygen atoms in total. The van der Waals surface area contributed by atoms with Crippen molar-refractivity contribution in [3.63, 3.8) is 0 Å². The van der Waals surface area contributed by atoms with Crippen molar-refractivity contribution in [3.8, 4) is 0 Å². The van der Waals surface area contributed by atoms with Gasteiger partial charge in [0.15, 0.2) is 0 Å². The van der Waals surface area contributed by atoms with Crippen LogP contribution in [-0.4, -0.2) is 28.1 Å². The highest BCUT2D eigenvalue weighted by Gasteiger charge is 2.22. The number of aromatic amines is 1. The number of fused-ring (bicyclic) bond motifs is 1. The highest BCUT2D eigenvalue weighted by atomic mass is 16.3. The Morgan fingerprint density at radius 1 is 1.27 bits per heavy atom. The third kappa shape index (κ3) is 2.50. The molecular formula is C16H15N3O3. The van der Waals surface area contributed by atoms with Crippen LogP contribution < -0.4 is 5.56 Å². The number of nitrogens with one attached hydrogen (secondary N) is 1. The second-order valence-electron chi connectivity index (χ2n) is 5.09. The van der Waals surface area contributed by atoms with Gasteiger partial charge in [0.25, 0.3) is 11.5 Å². The van der Waals surface area contributed by atoms with Crippen molar-refractivity contribution >= 4 is 16.9 Å². The molecule has 22 heavy (non-hydrogen) atoms. The summed E-state index contributed by atoms with van der Waals surface area (Å²) in [5, 5.41) is 7.01. The third-order valence-corrected chi connectivity index (χ3v) is 3.66. The predicted molar refractivity (Wildman–Crippen MR) is 81.6 cm³/mol. The van der Waals surface area contributed by atoms with Crippen molar-refractivity contribution < 1.29 is 9.21 Å². The fraction of sp³-hybridized carbons (Fsp3) is 0.188. The van der Waals surface area contributed by atoms with Crippen LogP contribution in [0.2, 0.25) is 0 Å². The molecule has 6 heteroatoms. The Bertz CT molecular complexity index is 828. The van der Waals surface area contributed by atoms with E-state index < -0.39 is 0 Å². The van der Waals surface area contributed by atoms with Gasteiger partial charge in [-0.05, 0) is 25.1 Å². The van der Waals surface area contributed by atoms with E-state index in [1.54, 1.807) is 7.05 Å². The summed E-state index contributed by atoms with van der Waals surface area (Å²) in [6.45, 7) is 1.88. The summed E-state index contributed by atoms with van der Waals surface area (Å²) < 4.78 is 5.78. The molecule has 3 rings (SSSR count). The van der Waals surface area contributed by atoms with Crippen LogP contribution in [0.3, 0.4) is 0 Å². The van der Waals surface area contributed by atoms with E-state index in [1.165, 1.54) is 17.0 Å². The smallest absolute Gasteiger partial charge is 0.274 e. The maximum Gasteiger partial charge on any atom is 0.274 e. The number of hydrogen-bond acceptors (Lipinski definition) is 4. The maximum atomic E-state index is 12.4. The first-order valence-electron chi connectivity index (χ1n) is 6.87. The van der Waals surface area contributed by atoms with Crippen molar-refractivity contribution in [1.82, 2.24) is 15.1 Å². The fourth-order valence-corrected chi connectivity index (χ4v) is 2.22. The number of nitrogens with zero attached hydrogens (tertiary/aromatic N) is 2. The minimum atomic E-state index is -0.343. The average Bonchev–Trinajstić information content (AvgIpc) is 2.97. The first kappa shape index (κ1) is 14.1. The summed E-state index contributed by atoms with van der Waals surface area (Å²) in [6.07, 6.45) is 0. The van der Waals surface area contributed by atoms with E-state index in [2.05, 4.69) is 10.2 Å². The number of rotatable bonds is 3. The summed E-state index contributed by atoms with van der Waals surface area (Å²) in [6, 6.07) is 12.0. The molecule has 1 atom stereocenters. The van der Waals surface area contributed by atoms with E-state index in [0.717, 1.165) is 11.0 Å². The van der Waals surface area contributed by atoms with Crippen LogP contribution in [0.5, 0.6) is 0 Å². The second kappa shape index (κ2) is 5.48. The second-order valence-corrected chi connectivity index (χ2v) is 5.09. The maximum absolute atomic E-state index is 12.4. The predicted octanol–water partition coefficient (Wildman–Crippen LogP) is 2.35. The molecule has 0 aliphatic rings. The summed E-state index contributed by atoms with van der Waals surface area (Å²) in [4.78, 5) is 24.9. The quantitative estimate of drug-likeness (QED) is 0.804. The van der Waals surface area contributed by atoms with Gasteiger partial charge in [-0.15, -0.1) is 0 Å². The van der Waals surface area contributed by atoms with Crippen LogP contribution in [0.4, 0.5) is 0 Å². The molecular weight excluding hydrogens is 282 g/mol. The van der Waals surface area contributed by atoms with Gasteiger partial charge in [-0.1, -0.05) is 18.2 Å². The Labute approximate surface area is 126 Å². The van der Waals surface area contributed by atoms with Crippen molar-refractivity contribution in [1.29, 1.82) is 0 Å². The Kier molecular flexibility index (Phi) is 3.50. The number of H-pyrrole nitrogens is 1. The summed E-state index contributed by atoms with van der Waals surface area (Å²) in [5.41, 5.74) is 0.627. The summed E-state index contributed by atoms with van der Waals surface area (Å²) in [7, 11) is 1.67. The molecule has 1 N–H and O–H groups in total. The molecule has 1 unspecified atom stereocenters. The summed E-state index contributed by atoms with van der Waals surface area (Å²) >= 11 is 0. The zero-order valence-electron chi connectivity index (χ0n) is 12.2. The van der Waals surface area contributed by atoms with Crippen molar-refractivity contribution in [2.45, 2.75) is 13.0 Å². The van der Waals surface area contributed by atoms with Crippen LogP contribution in [0.25, 0.3) is 11.0 Å². The van der Waals surface area contributed by atoms with Crippen LogP contribution in [0, 0.1) is 0 Å². The highest BCUT2D eigenvalue weighted by Crippen LogP contribution is 2.27. The minimum absolute atomic E-state index is 0.185. The number of benzene rings is 1. The molecule has 0 spiro atoms. The van der Waals surface area contributed by atoms with E-state index in [9.17, 15) is 9.59 Å². The van der Waals surface area contributed by atoms with E-state index in [1.807, 2.05) is 37.3 Å². The van der Waals surface area contributed by atoms with Crippen LogP contribution >= 0.6 is 0 Å². The Morgan fingerprint density at radius 2 is 2.05 bits per heavy atom. The SMILES string of the molecule is CC(c1cc2ccccc2o1)N(C)C(=O)c1ccc(=O)[nH]n1. The lowest BCUT2D eigenvalue weighted by Gasteiger charge is -2.22. The molecule has 3 aromatic rings. The number of para-hydroxylation sites is 1. The molecule has 0 fully saturated rings. The Morgan fingerprint density at radius 3 is 2.73 bits per heavy atom. The van der Waals surface area contributed by atoms with Crippen molar-refractivity contribution in [2.24, 2.45) is 0 Å². The number of carbonyl (C=O) groups excluding carboxylic acids is 1. The van der Waals surface area contributed by atoms with Gasteiger partial charge in [0.05, 0.1) is 6.04 Å². The van der Waals surface area contributed by atoms with Gasteiger partial charge < -0.3 is 9.32 Å². The van der Waals surface area contributed by atoms with E-state index >= 15 is 0 Å². The van der Waals surface area contributed by atoms with Gasteiger partial charge in [-0.2, -0.15) is 5.10 Å². The molecule has 0 saturated carbocycles. The van der Waals surface area contributed by atoms with Crippen LogP contribution in [-0.2, 0) is 0 Å². The standard InChI is InChI=1S/C16H15N3O3/c1-10(14-9-11-5-3-4-6-13(11)22-14)19(2)16(21)12-7-8-15(20)18-17-12/h3-10H,1-2H3,(H,18,20). The molecule has 0 saturated heterocycles. The monoisotopic (exact) mass is 297 g/mol. The largest absolute Gasteiger partial charge is 0.459 e. The molecule has 0 bridgehead atoms. The number of carbonyl (C=O) groups is 1. The first-order chi connectivity index (χ1) is 10.6. The zero-order chi connectivity index (χ0) is 15.7. The number of furan rings is 1. The highest BCUT2D eigenvalue weighted by molar-refractivity contribution is 5.92. The molecule has 2 aromatic heterocycles. The van der Waals surface area contributed by atoms with Gasteiger partial charge in [0.2, 0.25) is 0 Å². The first-order valence-corrected chi connectivity index (χ1v) is 6.87. The Hall–Kier alpha value is -2.89. The number of hydrogen-bond donors (Lipinski definition) is 1. The average molecular weight is 297 g/mol. The topological polar surface area (TPSA) is 79.2 Å². The molecule has 1 amide bonds. The Balaban J connectivity index is 1.87. The van der Waals surface area contributed by atoms with Gasteiger partial charge in [0, 0.05) is 18.5 Å². The fourth-order valence-electron chi connectivity index (χ4n) is 2.22. The normalized spacial score (nSPS) is 12.3. The minimum Gasteiger partial charge on any atom is -0.459 e. The molecule has 1 aromatic carbocycles. The van der Waals surface area contributed by atoms with E-state index in [0.29, 0.717) is 5.76 Å². The molecule has 0 aliphatic carbocycles. The van der Waals surface area contributed by atoms with Gasteiger partial charge in [-0.3, -0.25) is 9.59 Å². The molecule has 0 radical (unpaired) electrons. The van der Waals surface area contributed by atoms with Crippen molar-refractivity contribution in [3.05, 3.63) is 64.3 Å². The molecule has 2 heterocycles. The van der Waals surface area contributed by atoms with Gasteiger partial charge in [-0.25, -0.2) is 5.10 Å². The number of aromatic nitrogens is 2. The number of amides is 1. The van der Waals surface area contributed by atoms with Gasteiger partial charge in [0.1, 0.15) is 17.0 Å². The lowest BCUT2D eigenvalue weighted by atomic mass is 10.2. The van der Waals surface area contributed by atoms with E-state index in [4.69, 9.17) is 4.42 Å². The third-order valence-electron chi connectivity index (χ3n) is 3.66. The molecule has 0 aliphatic heterocycles. The van der Waals surface area contributed by atoms with Gasteiger partial charge >= 0.3 is 0 Å². The van der Waals surface area contributed by atoms with E-state index in [-0.39, 0.29) is 23.2 Å². The van der Waals surface area contributed by atoms with Crippen molar-refractivity contribution in [2.75, 3.05) is 7.05 Å².